The van der Waals surface area contributed by atoms with Crippen LogP contribution in [0.5, 0.6) is 5.75 Å². The van der Waals surface area contributed by atoms with Crippen molar-refractivity contribution in [2.75, 3.05) is 0 Å². The Labute approximate surface area is 71.0 Å². The molecule has 0 saturated heterocycles. The lowest BCUT2D eigenvalue weighted by Gasteiger charge is -2.00. The Morgan fingerprint density at radius 3 is 2.83 bits per heavy atom. The van der Waals surface area contributed by atoms with E-state index in [9.17, 15) is 5.11 Å². The second kappa shape index (κ2) is 3.76. The number of aryl methyl sites for hydroxylation is 1. The summed E-state index contributed by atoms with van der Waals surface area (Å²) < 4.78 is 0. The number of phenolic OH excluding ortho intramolecular Hbond substituents is 1. The van der Waals surface area contributed by atoms with Gasteiger partial charge < -0.3 is 10.3 Å². The average Bonchev–Trinajstić information content (AvgIpc) is 2.09. The molecule has 0 bridgehead atoms. The molecular weight excluding hydrogens is 154 g/mol. The lowest BCUT2D eigenvalue weighted by Crippen LogP contribution is -1.86. The second-order valence-electron chi connectivity index (χ2n) is 2.49. The van der Waals surface area contributed by atoms with Crippen LogP contribution in [0.4, 0.5) is 0 Å². The van der Waals surface area contributed by atoms with E-state index in [0.717, 1.165) is 12.0 Å². The van der Waals surface area contributed by atoms with Gasteiger partial charge in [-0.3, -0.25) is 0 Å². The maximum absolute atomic E-state index is 9.26. The highest BCUT2D eigenvalue weighted by molar-refractivity contribution is 5.83. The molecule has 1 aromatic carbocycles. The summed E-state index contributed by atoms with van der Waals surface area (Å²) in [7, 11) is 0. The summed E-state index contributed by atoms with van der Waals surface area (Å²) in [6, 6.07) is 5.22. The van der Waals surface area contributed by atoms with E-state index in [1.54, 1.807) is 12.1 Å². The fraction of sp³-hybridized carbons (Fsp3) is 0.222. The monoisotopic (exact) mass is 165 g/mol. The minimum absolute atomic E-state index is 0.130. The molecule has 0 aliphatic rings. The SMILES string of the molecule is CCc1ccc(O)c(C=NO)c1. The van der Waals surface area contributed by atoms with Gasteiger partial charge >= 0.3 is 0 Å². The molecule has 64 valence electrons. The van der Waals surface area contributed by atoms with Crippen molar-refractivity contribution in [1.29, 1.82) is 0 Å². The van der Waals surface area contributed by atoms with Gasteiger partial charge in [0.15, 0.2) is 0 Å². The molecule has 0 aromatic heterocycles. The number of aromatic hydroxyl groups is 1. The van der Waals surface area contributed by atoms with E-state index in [1.165, 1.54) is 6.21 Å². The predicted octanol–water partition coefficient (Wildman–Crippen LogP) is 1.76. The lowest BCUT2D eigenvalue weighted by atomic mass is 10.1. The zero-order valence-electron chi connectivity index (χ0n) is 6.86. The summed E-state index contributed by atoms with van der Waals surface area (Å²) in [5.41, 5.74) is 1.64. The van der Waals surface area contributed by atoms with Crippen molar-refractivity contribution >= 4 is 6.21 Å². The molecular formula is C9H11NO2. The van der Waals surface area contributed by atoms with Crippen molar-refractivity contribution in [2.24, 2.45) is 5.16 Å². The van der Waals surface area contributed by atoms with Crippen LogP contribution in [0.15, 0.2) is 23.4 Å². The molecule has 3 heteroatoms. The van der Waals surface area contributed by atoms with Crippen LogP contribution in [0.25, 0.3) is 0 Å². The van der Waals surface area contributed by atoms with E-state index < -0.39 is 0 Å². The molecule has 0 heterocycles. The number of benzene rings is 1. The van der Waals surface area contributed by atoms with Gasteiger partial charge in [-0.05, 0) is 24.1 Å². The summed E-state index contributed by atoms with van der Waals surface area (Å²) in [5.74, 6) is 0.130. The predicted molar refractivity (Wildman–Crippen MR) is 46.9 cm³/mol. The molecule has 12 heavy (non-hydrogen) atoms. The van der Waals surface area contributed by atoms with Gasteiger partial charge in [0.2, 0.25) is 0 Å². The fourth-order valence-electron chi connectivity index (χ4n) is 0.990. The molecule has 0 amide bonds. The summed E-state index contributed by atoms with van der Waals surface area (Å²) in [6.45, 7) is 2.02. The Morgan fingerprint density at radius 2 is 2.25 bits per heavy atom. The van der Waals surface area contributed by atoms with E-state index >= 15 is 0 Å². The topological polar surface area (TPSA) is 52.8 Å². The third-order valence-electron chi connectivity index (χ3n) is 1.70. The Balaban J connectivity index is 3.08. The van der Waals surface area contributed by atoms with Crippen LogP contribution in [0.3, 0.4) is 0 Å². The molecule has 1 aromatic rings. The second-order valence-corrected chi connectivity index (χ2v) is 2.49. The van der Waals surface area contributed by atoms with Crippen LogP contribution in [0, 0.1) is 0 Å². The van der Waals surface area contributed by atoms with E-state index in [1.807, 2.05) is 13.0 Å². The van der Waals surface area contributed by atoms with Gasteiger partial charge in [-0.1, -0.05) is 18.1 Å². The van der Waals surface area contributed by atoms with Gasteiger partial charge in [-0.25, -0.2) is 0 Å². The van der Waals surface area contributed by atoms with E-state index in [2.05, 4.69) is 5.16 Å². The van der Waals surface area contributed by atoms with Gasteiger partial charge in [-0.2, -0.15) is 0 Å². The molecule has 0 saturated carbocycles. The standard InChI is InChI=1S/C9H11NO2/c1-2-7-3-4-9(11)8(5-7)6-10-12/h3-6,11-12H,2H2,1H3. The molecule has 0 atom stereocenters. The fourth-order valence-corrected chi connectivity index (χ4v) is 0.990. The van der Waals surface area contributed by atoms with Gasteiger partial charge in [0.1, 0.15) is 5.75 Å². The number of hydrogen-bond acceptors (Lipinski definition) is 3. The molecule has 0 radical (unpaired) electrons. The van der Waals surface area contributed by atoms with Crippen LogP contribution in [-0.2, 0) is 6.42 Å². The normalized spacial score (nSPS) is 10.8. The van der Waals surface area contributed by atoms with Crippen molar-refractivity contribution in [1.82, 2.24) is 0 Å². The largest absolute Gasteiger partial charge is 0.507 e. The summed E-state index contributed by atoms with van der Waals surface area (Å²) in [5, 5.41) is 20.4. The molecule has 0 aliphatic heterocycles. The summed E-state index contributed by atoms with van der Waals surface area (Å²) in [4.78, 5) is 0. The third-order valence-corrected chi connectivity index (χ3v) is 1.70. The molecule has 2 N–H and O–H groups in total. The Hall–Kier alpha value is -1.51. The molecule has 0 fully saturated rings. The van der Waals surface area contributed by atoms with Crippen molar-refractivity contribution in [3.05, 3.63) is 29.3 Å². The first-order valence-electron chi connectivity index (χ1n) is 3.77. The number of nitrogens with zero attached hydrogens (tertiary/aromatic N) is 1. The van der Waals surface area contributed by atoms with Crippen molar-refractivity contribution in [3.63, 3.8) is 0 Å². The van der Waals surface area contributed by atoms with Gasteiger partial charge in [0.05, 0.1) is 6.21 Å². The van der Waals surface area contributed by atoms with Crippen molar-refractivity contribution in [2.45, 2.75) is 13.3 Å². The molecule has 0 spiro atoms. The molecule has 3 nitrogen and oxygen atoms in total. The van der Waals surface area contributed by atoms with E-state index in [0.29, 0.717) is 5.56 Å². The number of hydrogen-bond donors (Lipinski definition) is 2. The van der Waals surface area contributed by atoms with Crippen LogP contribution in [0.1, 0.15) is 18.1 Å². The zero-order chi connectivity index (χ0) is 8.97. The zero-order valence-corrected chi connectivity index (χ0v) is 6.86. The quantitative estimate of drug-likeness (QED) is 0.398. The maximum atomic E-state index is 9.26. The first-order valence-corrected chi connectivity index (χ1v) is 3.77. The van der Waals surface area contributed by atoms with Gasteiger partial charge in [-0.15, -0.1) is 0 Å². The molecule has 0 aliphatic carbocycles. The first kappa shape index (κ1) is 8.59. The van der Waals surface area contributed by atoms with Crippen LogP contribution >= 0.6 is 0 Å². The molecule has 0 unspecified atom stereocenters. The number of oxime groups is 1. The highest BCUT2D eigenvalue weighted by Crippen LogP contribution is 2.16. The number of rotatable bonds is 2. The summed E-state index contributed by atoms with van der Waals surface area (Å²) >= 11 is 0. The van der Waals surface area contributed by atoms with E-state index in [-0.39, 0.29) is 5.75 Å². The van der Waals surface area contributed by atoms with Crippen LogP contribution in [0.2, 0.25) is 0 Å². The lowest BCUT2D eigenvalue weighted by molar-refractivity contribution is 0.321. The molecule has 1 rings (SSSR count). The third kappa shape index (κ3) is 1.75. The van der Waals surface area contributed by atoms with E-state index in [4.69, 9.17) is 5.21 Å². The number of phenols is 1. The average molecular weight is 165 g/mol. The minimum atomic E-state index is 0.130. The van der Waals surface area contributed by atoms with Crippen molar-refractivity contribution < 1.29 is 10.3 Å². The van der Waals surface area contributed by atoms with Gasteiger partial charge in [0, 0.05) is 5.56 Å². The Kier molecular flexibility index (Phi) is 2.69. The van der Waals surface area contributed by atoms with Crippen molar-refractivity contribution in [3.8, 4) is 5.75 Å². The van der Waals surface area contributed by atoms with Crippen LogP contribution in [-0.4, -0.2) is 16.5 Å². The van der Waals surface area contributed by atoms with Crippen LogP contribution < -0.4 is 0 Å². The minimum Gasteiger partial charge on any atom is -0.507 e. The highest BCUT2D eigenvalue weighted by Gasteiger charge is 1.98. The first-order chi connectivity index (χ1) is 5.77. The van der Waals surface area contributed by atoms with Gasteiger partial charge in [0.25, 0.3) is 0 Å². The maximum Gasteiger partial charge on any atom is 0.124 e. The highest BCUT2D eigenvalue weighted by atomic mass is 16.4. The summed E-state index contributed by atoms with van der Waals surface area (Å²) in [6.07, 6.45) is 2.11. The smallest absolute Gasteiger partial charge is 0.124 e. The Bertz CT molecular complexity index is 295. The Morgan fingerprint density at radius 1 is 1.50 bits per heavy atom.